The molecular weight excluding hydrogens is 282 g/mol. The van der Waals surface area contributed by atoms with Gasteiger partial charge in [-0.3, -0.25) is 4.79 Å². The molecule has 1 aromatic rings. The van der Waals surface area contributed by atoms with Gasteiger partial charge in [-0.1, -0.05) is 19.1 Å². The van der Waals surface area contributed by atoms with Gasteiger partial charge in [0.2, 0.25) is 10.0 Å². The van der Waals surface area contributed by atoms with Crippen molar-refractivity contribution in [3.05, 3.63) is 29.8 Å². The summed E-state index contributed by atoms with van der Waals surface area (Å²) in [6.07, 6.45) is 0.243. The summed E-state index contributed by atoms with van der Waals surface area (Å²) in [5.41, 5.74) is 0.551. The summed E-state index contributed by atoms with van der Waals surface area (Å²) >= 11 is 0. The predicted octanol–water partition coefficient (Wildman–Crippen LogP) is 0.707. The van der Waals surface area contributed by atoms with Crippen LogP contribution < -0.4 is 0 Å². The molecule has 0 fully saturated rings. The largest absolute Gasteiger partial charge is 0.481 e. The van der Waals surface area contributed by atoms with E-state index in [-0.39, 0.29) is 24.5 Å². The minimum absolute atomic E-state index is 0.0659. The average molecular weight is 301 g/mol. The van der Waals surface area contributed by atoms with Crippen LogP contribution in [0.5, 0.6) is 0 Å². The van der Waals surface area contributed by atoms with Gasteiger partial charge in [-0.2, -0.15) is 4.31 Å². The van der Waals surface area contributed by atoms with E-state index in [4.69, 9.17) is 10.2 Å². The van der Waals surface area contributed by atoms with Crippen molar-refractivity contribution in [1.29, 1.82) is 0 Å². The zero-order chi connectivity index (χ0) is 15.2. The van der Waals surface area contributed by atoms with Crippen LogP contribution in [0.2, 0.25) is 0 Å². The minimum atomic E-state index is -3.59. The van der Waals surface area contributed by atoms with Crippen LogP contribution in [0.1, 0.15) is 18.9 Å². The molecule has 0 amide bonds. The van der Waals surface area contributed by atoms with Gasteiger partial charge >= 0.3 is 5.97 Å². The van der Waals surface area contributed by atoms with E-state index in [1.807, 2.05) is 0 Å². The second-order valence-corrected chi connectivity index (χ2v) is 6.23. The molecule has 7 heteroatoms. The Balaban J connectivity index is 2.93. The lowest BCUT2D eigenvalue weighted by Gasteiger charge is -2.20. The van der Waals surface area contributed by atoms with Gasteiger partial charge in [-0.25, -0.2) is 8.42 Å². The minimum Gasteiger partial charge on any atom is -0.481 e. The molecule has 0 aliphatic rings. The molecular formula is C13H19NO5S. The number of carbonyl (C=O) groups is 1. The number of hydrogen-bond donors (Lipinski definition) is 2. The van der Waals surface area contributed by atoms with Gasteiger partial charge in [0.25, 0.3) is 0 Å². The van der Waals surface area contributed by atoms with Crippen molar-refractivity contribution in [3.8, 4) is 0 Å². The van der Waals surface area contributed by atoms with Crippen LogP contribution in [0.4, 0.5) is 0 Å². The van der Waals surface area contributed by atoms with Gasteiger partial charge in [0.05, 0.1) is 11.3 Å². The molecule has 112 valence electrons. The van der Waals surface area contributed by atoms with E-state index in [2.05, 4.69) is 0 Å². The topological polar surface area (TPSA) is 94.9 Å². The molecule has 1 aromatic carbocycles. The maximum atomic E-state index is 12.3. The van der Waals surface area contributed by atoms with Gasteiger partial charge in [-0.05, 0) is 24.1 Å². The molecule has 0 saturated carbocycles. The smallest absolute Gasteiger partial charge is 0.307 e. The van der Waals surface area contributed by atoms with E-state index >= 15 is 0 Å². The summed E-state index contributed by atoms with van der Waals surface area (Å²) in [7, 11) is -3.59. The highest BCUT2D eigenvalue weighted by molar-refractivity contribution is 7.89. The van der Waals surface area contributed by atoms with Crippen molar-refractivity contribution < 1.29 is 23.4 Å². The highest BCUT2D eigenvalue weighted by Gasteiger charge is 2.22. The average Bonchev–Trinajstić information content (AvgIpc) is 2.39. The van der Waals surface area contributed by atoms with Crippen LogP contribution in [0.15, 0.2) is 29.2 Å². The third kappa shape index (κ3) is 4.29. The lowest BCUT2D eigenvalue weighted by molar-refractivity contribution is -0.136. The van der Waals surface area contributed by atoms with Gasteiger partial charge < -0.3 is 10.2 Å². The fourth-order valence-corrected chi connectivity index (χ4v) is 3.29. The van der Waals surface area contributed by atoms with E-state index in [0.717, 1.165) is 0 Å². The van der Waals surface area contributed by atoms with Crippen LogP contribution >= 0.6 is 0 Å². The number of aliphatic carboxylic acids is 1. The SMILES string of the molecule is CCN(CCCO)S(=O)(=O)c1ccc(CC(=O)O)cc1. The summed E-state index contributed by atoms with van der Waals surface area (Å²) in [5.74, 6) is -0.960. The van der Waals surface area contributed by atoms with Crippen LogP contribution in [-0.4, -0.2) is 48.6 Å². The summed E-state index contributed by atoms with van der Waals surface area (Å²) in [4.78, 5) is 10.7. The van der Waals surface area contributed by atoms with Crippen molar-refractivity contribution in [2.75, 3.05) is 19.7 Å². The lowest BCUT2D eigenvalue weighted by atomic mass is 10.2. The second kappa shape index (κ2) is 7.37. The van der Waals surface area contributed by atoms with Crippen molar-refractivity contribution in [1.82, 2.24) is 4.31 Å². The standard InChI is InChI=1S/C13H19NO5S/c1-2-14(8-3-9-15)20(18,19)12-6-4-11(5-7-12)10-13(16)17/h4-7,15H,2-3,8-10H2,1H3,(H,16,17). The number of nitrogens with zero attached hydrogens (tertiary/aromatic N) is 1. The molecule has 0 radical (unpaired) electrons. The number of hydrogen-bond acceptors (Lipinski definition) is 4. The quantitative estimate of drug-likeness (QED) is 0.737. The summed E-state index contributed by atoms with van der Waals surface area (Å²) in [6, 6.07) is 5.83. The first-order valence-corrected chi connectivity index (χ1v) is 7.77. The first-order chi connectivity index (χ1) is 9.41. The first-order valence-electron chi connectivity index (χ1n) is 6.33. The monoisotopic (exact) mass is 301 g/mol. The molecule has 0 atom stereocenters. The van der Waals surface area contributed by atoms with Crippen LogP contribution in [0.3, 0.4) is 0 Å². The molecule has 20 heavy (non-hydrogen) atoms. The van der Waals surface area contributed by atoms with Crippen LogP contribution in [0.25, 0.3) is 0 Å². The van der Waals surface area contributed by atoms with Gasteiger partial charge in [-0.15, -0.1) is 0 Å². The summed E-state index contributed by atoms with van der Waals surface area (Å²) in [5, 5.41) is 17.5. The van der Waals surface area contributed by atoms with Gasteiger partial charge in [0.15, 0.2) is 0 Å². The fourth-order valence-electron chi connectivity index (χ4n) is 1.80. The molecule has 1 rings (SSSR count). The van der Waals surface area contributed by atoms with E-state index in [0.29, 0.717) is 18.5 Å². The Hall–Kier alpha value is -1.44. The molecule has 0 aliphatic heterocycles. The van der Waals surface area contributed by atoms with E-state index in [1.54, 1.807) is 6.92 Å². The summed E-state index contributed by atoms with van der Waals surface area (Å²) in [6.45, 7) is 2.24. The third-order valence-corrected chi connectivity index (χ3v) is 4.82. The van der Waals surface area contributed by atoms with E-state index < -0.39 is 16.0 Å². The van der Waals surface area contributed by atoms with E-state index in [1.165, 1.54) is 28.6 Å². The Bertz CT molecular complexity index is 538. The first kappa shape index (κ1) is 16.6. The van der Waals surface area contributed by atoms with Gasteiger partial charge in [0, 0.05) is 19.7 Å². The number of aliphatic hydroxyl groups is 1. The maximum Gasteiger partial charge on any atom is 0.307 e. The van der Waals surface area contributed by atoms with Crippen LogP contribution in [-0.2, 0) is 21.2 Å². The van der Waals surface area contributed by atoms with Crippen molar-refractivity contribution in [2.45, 2.75) is 24.7 Å². The highest BCUT2D eigenvalue weighted by atomic mass is 32.2. The predicted molar refractivity (Wildman–Crippen MR) is 73.9 cm³/mol. The van der Waals surface area contributed by atoms with Crippen molar-refractivity contribution >= 4 is 16.0 Å². The molecule has 6 nitrogen and oxygen atoms in total. The normalized spacial score (nSPS) is 11.8. The molecule has 0 aromatic heterocycles. The highest BCUT2D eigenvalue weighted by Crippen LogP contribution is 2.17. The Labute approximate surface area is 118 Å². The number of rotatable bonds is 8. The second-order valence-electron chi connectivity index (χ2n) is 4.29. The Kier molecular flexibility index (Phi) is 6.12. The lowest BCUT2D eigenvalue weighted by Crippen LogP contribution is -2.32. The molecule has 0 spiro atoms. The van der Waals surface area contributed by atoms with Gasteiger partial charge in [0.1, 0.15) is 0 Å². The van der Waals surface area contributed by atoms with E-state index in [9.17, 15) is 13.2 Å². The Morgan fingerprint density at radius 2 is 1.85 bits per heavy atom. The molecule has 0 unspecified atom stereocenters. The molecule has 0 aliphatic carbocycles. The number of sulfonamides is 1. The Morgan fingerprint density at radius 1 is 1.25 bits per heavy atom. The van der Waals surface area contributed by atoms with Crippen molar-refractivity contribution in [3.63, 3.8) is 0 Å². The van der Waals surface area contributed by atoms with Crippen molar-refractivity contribution in [2.24, 2.45) is 0 Å². The maximum absolute atomic E-state index is 12.3. The molecule has 2 N–H and O–H groups in total. The number of benzene rings is 1. The third-order valence-electron chi connectivity index (χ3n) is 2.83. The zero-order valence-corrected chi connectivity index (χ0v) is 12.1. The number of carboxylic acid groups (broad SMARTS) is 1. The molecule has 0 bridgehead atoms. The summed E-state index contributed by atoms with van der Waals surface area (Å²) < 4.78 is 25.9. The molecule has 0 heterocycles. The number of carboxylic acids is 1. The Morgan fingerprint density at radius 3 is 2.30 bits per heavy atom. The zero-order valence-electron chi connectivity index (χ0n) is 11.3. The molecule has 0 saturated heterocycles. The number of aliphatic hydroxyl groups excluding tert-OH is 1. The fraction of sp³-hybridized carbons (Fsp3) is 0.462. The van der Waals surface area contributed by atoms with Crippen LogP contribution in [0, 0.1) is 0 Å².